The summed E-state index contributed by atoms with van der Waals surface area (Å²) in [6.07, 6.45) is 5.48. The highest BCUT2D eigenvalue weighted by Gasteiger charge is 2.06. The van der Waals surface area contributed by atoms with Crippen molar-refractivity contribution in [3.63, 3.8) is 0 Å². The molecule has 0 amide bonds. The maximum atomic E-state index is 9.79. The Balaban J connectivity index is 1.93. The SMILES string of the molecule is COc1ccc(/C=C\c2cc(OC)c3ccoc3c2)cc1O. The zero-order valence-electron chi connectivity index (χ0n) is 12.4. The van der Waals surface area contributed by atoms with Crippen LogP contribution in [0.3, 0.4) is 0 Å². The second kappa shape index (κ2) is 5.85. The van der Waals surface area contributed by atoms with Crippen LogP contribution in [0.2, 0.25) is 0 Å². The molecule has 112 valence electrons. The second-order valence-electron chi connectivity index (χ2n) is 4.82. The first kappa shape index (κ1) is 14.1. The number of methoxy groups -OCH3 is 2. The zero-order chi connectivity index (χ0) is 15.5. The van der Waals surface area contributed by atoms with Crippen molar-refractivity contribution < 1.29 is 19.0 Å². The predicted molar refractivity (Wildman–Crippen MR) is 86.4 cm³/mol. The molecule has 0 spiro atoms. The minimum absolute atomic E-state index is 0.115. The van der Waals surface area contributed by atoms with Crippen molar-refractivity contribution in [2.75, 3.05) is 14.2 Å². The van der Waals surface area contributed by atoms with Gasteiger partial charge in [-0.1, -0.05) is 18.2 Å². The number of hydrogen-bond donors (Lipinski definition) is 1. The third kappa shape index (κ3) is 2.63. The molecule has 0 fully saturated rings. The second-order valence-corrected chi connectivity index (χ2v) is 4.82. The average molecular weight is 296 g/mol. The van der Waals surface area contributed by atoms with E-state index in [9.17, 15) is 5.11 Å². The summed E-state index contributed by atoms with van der Waals surface area (Å²) in [6.45, 7) is 0. The van der Waals surface area contributed by atoms with E-state index in [0.717, 1.165) is 27.8 Å². The van der Waals surface area contributed by atoms with E-state index in [1.54, 1.807) is 25.5 Å². The molecule has 4 heteroatoms. The van der Waals surface area contributed by atoms with Crippen LogP contribution in [-0.2, 0) is 0 Å². The number of hydrogen-bond acceptors (Lipinski definition) is 4. The number of aromatic hydroxyl groups is 1. The molecule has 0 saturated heterocycles. The lowest BCUT2D eigenvalue weighted by atomic mass is 10.1. The number of phenolic OH excluding ortho intramolecular Hbond substituents is 1. The summed E-state index contributed by atoms with van der Waals surface area (Å²) >= 11 is 0. The Kier molecular flexibility index (Phi) is 3.74. The first-order chi connectivity index (χ1) is 10.7. The summed E-state index contributed by atoms with van der Waals surface area (Å²) in [4.78, 5) is 0. The van der Waals surface area contributed by atoms with Gasteiger partial charge in [-0.3, -0.25) is 0 Å². The van der Waals surface area contributed by atoms with E-state index < -0.39 is 0 Å². The van der Waals surface area contributed by atoms with Gasteiger partial charge in [-0.05, 0) is 41.5 Å². The van der Waals surface area contributed by atoms with Gasteiger partial charge in [0, 0.05) is 0 Å². The van der Waals surface area contributed by atoms with Gasteiger partial charge in [0.2, 0.25) is 0 Å². The third-order valence-electron chi connectivity index (χ3n) is 3.45. The predicted octanol–water partition coefficient (Wildman–Crippen LogP) is 4.33. The normalized spacial score (nSPS) is 11.2. The Hall–Kier alpha value is -2.88. The summed E-state index contributed by atoms with van der Waals surface area (Å²) in [5.41, 5.74) is 2.60. The van der Waals surface area contributed by atoms with E-state index >= 15 is 0 Å². The number of benzene rings is 2. The molecule has 0 saturated carbocycles. The van der Waals surface area contributed by atoms with E-state index in [1.165, 1.54) is 7.11 Å². The molecule has 1 heterocycles. The van der Waals surface area contributed by atoms with Gasteiger partial charge in [0.05, 0.1) is 25.9 Å². The average Bonchev–Trinajstić information content (AvgIpc) is 3.00. The Morgan fingerprint density at radius 1 is 0.909 bits per heavy atom. The molecule has 0 aliphatic rings. The molecule has 3 rings (SSSR count). The van der Waals surface area contributed by atoms with Crippen LogP contribution in [0.4, 0.5) is 0 Å². The Bertz CT molecular complexity index is 830. The van der Waals surface area contributed by atoms with Crippen LogP contribution in [0, 0.1) is 0 Å². The lowest BCUT2D eigenvalue weighted by Crippen LogP contribution is -1.85. The molecular formula is C18H16O4. The monoisotopic (exact) mass is 296 g/mol. The van der Waals surface area contributed by atoms with E-state index in [2.05, 4.69) is 0 Å². The fourth-order valence-electron chi connectivity index (χ4n) is 2.33. The fraction of sp³-hybridized carbons (Fsp3) is 0.111. The Morgan fingerprint density at radius 3 is 2.41 bits per heavy atom. The summed E-state index contributed by atoms with van der Waals surface area (Å²) in [5, 5.41) is 10.7. The molecule has 0 bridgehead atoms. The minimum Gasteiger partial charge on any atom is -0.504 e. The first-order valence-electron chi connectivity index (χ1n) is 6.81. The van der Waals surface area contributed by atoms with Gasteiger partial charge in [0.15, 0.2) is 11.5 Å². The molecule has 0 atom stereocenters. The van der Waals surface area contributed by atoms with Gasteiger partial charge in [0.25, 0.3) is 0 Å². The highest BCUT2D eigenvalue weighted by atomic mass is 16.5. The van der Waals surface area contributed by atoms with Gasteiger partial charge < -0.3 is 19.0 Å². The summed E-state index contributed by atoms with van der Waals surface area (Å²) in [5.74, 6) is 1.34. The maximum absolute atomic E-state index is 9.79. The zero-order valence-corrected chi connectivity index (χ0v) is 12.4. The van der Waals surface area contributed by atoms with Crippen molar-refractivity contribution in [2.24, 2.45) is 0 Å². The molecular weight excluding hydrogens is 280 g/mol. The maximum Gasteiger partial charge on any atom is 0.160 e. The van der Waals surface area contributed by atoms with E-state index in [-0.39, 0.29) is 5.75 Å². The number of furan rings is 1. The number of phenols is 1. The molecule has 2 aromatic carbocycles. The van der Waals surface area contributed by atoms with Crippen LogP contribution in [-0.4, -0.2) is 19.3 Å². The lowest BCUT2D eigenvalue weighted by molar-refractivity contribution is 0.373. The number of fused-ring (bicyclic) bond motifs is 1. The van der Waals surface area contributed by atoms with Crippen LogP contribution in [0.5, 0.6) is 17.2 Å². The topological polar surface area (TPSA) is 51.8 Å². The minimum atomic E-state index is 0.115. The number of ether oxygens (including phenoxy) is 2. The summed E-state index contributed by atoms with van der Waals surface area (Å²) in [7, 11) is 3.16. The van der Waals surface area contributed by atoms with Crippen LogP contribution in [0.1, 0.15) is 11.1 Å². The van der Waals surface area contributed by atoms with E-state index in [4.69, 9.17) is 13.9 Å². The molecule has 22 heavy (non-hydrogen) atoms. The van der Waals surface area contributed by atoms with Gasteiger partial charge in [0.1, 0.15) is 11.3 Å². The van der Waals surface area contributed by atoms with Crippen LogP contribution in [0.15, 0.2) is 47.1 Å². The molecule has 0 radical (unpaired) electrons. The molecule has 0 unspecified atom stereocenters. The highest BCUT2D eigenvalue weighted by Crippen LogP contribution is 2.30. The molecule has 3 aromatic rings. The van der Waals surface area contributed by atoms with E-state index in [1.807, 2.05) is 36.4 Å². The molecule has 4 nitrogen and oxygen atoms in total. The van der Waals surface area contributed by atoms with Crippen molar-refractivity contribution in [1.82, 2.24) is 0 Å². The van der Waals surface area contributed by atoms with Crippen molar-refractivity contribution in [3.05, 3.63) is 53.8 Å². The Morgan fingerprint density at radius 2 is 1.68 bits per heavy atom. The third-order valence-corrected chi connectivity index (χ3v) is 3.45. The largest absolute Gasteiger partial charge is 0.504 e. The lowest BCUT2D eigenvalue weighted by Gasteiger charge is -2.04. The molecule has 1 N–H and O–H groups in total. The van der Waals surface area contributed by atoms with Gasteiger partial charge >= 0.3 is 0 Å². The van der Waals surface area contributed by atoms with Gasteiger partial charge in [-0.25, -0.2) is 0 Å². The van der Waals surface area contributed by atoms with Crippen LogP contribution >= 0.6 is 0 Å². The van der Waals surface area contributed by atoms with Crippen LogP contribution < -0.4 is 9.47 Å². The molecule has 0 aliphatic carbocycles. The fourth-order valence-corrected chi connectivity index (χ4v) is 2.33. The van der Waals surface area contributed by atoms with Gasteiger partial charge in [-0.2, -0.15) is 0 Å². The highest BCUT2D eigenvalue weighted by molar-refractivity contribution is 5.87. The van der Waals surface area contributed by atoms with Crippen molar-refractivity contribution in [1.29, 1.82) is 0 Å². The summed E-state index contributed by atoms with van der Waals surface area (Å²) in [6, 6.07) is 11.0. The smallest absolute Gasteiger partial charge is 0.160 e. The van der Waals surface area contributed by atoms with Crippen molar-refractivity contribution >= 4 is 23.1 Å². The number of rotatable bonds is 4. The molecule has 0 aliphatic heterocycles. The van der Waals surface area contributed by atoms with Crippen LogP contribution in [0.25, 0.3) is 23.1 Å². The quantitative estimate of drug-likeness (QED) is 0.728. The van der Waals surface area contributed by atoms with Crippen molar-refractivity contribution in [2.45, 2.75) is 0 Å². The standard InChI is InChI=1S/C18H16O4/c1-20-16-6-5-12(9-15(16)19)3-4-13-10-17(21-2)14-7-8-22-18(14)11-13/h3-11,19H,1-2H3/b4-3-. The first-order valence-corrected chi connectivity index (χ1v) is 6.81. The molecule has 1 aromatic heterocycles. The summed E-state index contributed by atoms with van der Waals surface area (Å²) < 4.78 is 15.8. The van der Waals surface area contributed by atoms with Gasteiger partial charge in [-0.15, -0.1) is 0 Å². The van der Waals surface area contributed by atoms with E-state index in [0.29, 0.717) is 5.75 Å². The Labute approximate surface area is 128 Å². The van der Waals surface area contributed by atoms with Crippen molar-refractivity contribution in [3.8, 4) is 17.2 Å².